The molecule has 2 aliphatic rings. The van der Waals surface area contributed by atoms with E-state index in [-0.39, 0.29) is 22.7 Å². The van der Waals surface area contributed by atoms with Gasteiger partial charge in [0.25, 0.3) is 0 Å². The Balaban J connectivity index is 2.22. The summed E-state index contributed by atoms with van der Waals surface area (Å²) in [7, 11) is 1.91. The van der Waals surface area contributed by atoms with E-state index in [9.17, 15) is 4.79 Å². The van der Waals surface area contributed by atoms with Crippen molar-refractivity contribution in [2.75, 3.05) is 0 Å². The van der Waals surface area contributed by atoms with Crippen LogP contribution >= 0.6 is 15.9 Å². The molecule has 0 aromatic carbocycles. The summed E-state index contributed by atoms with van der Waals surface area (Å²) in [6, 6.07) is 2.03. The van der Waals surface area contributed by atoms with Gasteiger partial charge in [0.2, 0.25) is 0 Å². The largest absolute Gasteiger partial charge is 0.293 e. The minimum atomic E-state index is -0.295. The molecule has 98 valence electrons. The number of halogens is 1. The van der Waals surface area contributed by atoms with Gasteiger partial charge in [-0.05, 0) is 34.7 Å². The Kier molecular flexibility index (Phi) is 2.68. The second-order valence-electron chi connectivity index (χ2n) is 5.56. The normalized spacial score (nSPS) is 29.3. The highest BCUT2D eigenvalue weighted by atomic mass is 79.9. The number of ketones is 1. The Hall–Kier alpha value is -1.41. The average molecular weight is 320 g/mol. The maximum atomic E-state index is 11.9. The molecule has 0 saturated heterocycles. The highest BCUT2D eigenvalue weighted by Gasteiger charge is 2.46. The number of hydrogen-bond acceptors (Lipinski definition) is 3. The van der Waals surface area contributed by atoms with Crippen molar-refractivity contribution >= 4 is 21.7 Å². The first-order valence-corrected chi connectivity index (χ1v) is 7.14. The second-order valence-corrected chi connectivity index (χ2v) is 6.31. The predicted molar refractivity (Wildman–Crippen MR) is 73.4 cm³/mol. The van der Waals surface area contributed by atoms with Gasteiger partial charge in [-0.1, -0.05) is 13.0 Å². The van der Waals surface area contributed by atoms with Crippen LogP contribution in [0.15, 0.2) is 16.3 Å². The summed E-state index contributed by atoms with van der Waals surface area (Å²) in [5, 5.41) is 13.7. The third-order valence-corrected chi connectivity index (χ3v) is 5.46. The van der Waals surface area contributed by atoms with Crippen molar-refractivity contribution in [1.29, 1.82) is 5.26 Å². The molecule has 0 spiro atoms. The fourth-order valence-corrected chi connectivity index (χ4v) is 3.79. The van der Waals surface area contributed by atoms with Crippen molar-refractivity contribution in [3.8, 4) is 6.07 Å². The standard InChI is InChI=1S/C14H14BrN3O/c1-14-6-8(7-16)11(19)5-9(14)3-4-10-12(14)17-18(2)13(10)15/h6,9H,3-5H2,1-2H3. The molecule has 0 saturated carbocycles. The summed E-state index contributed by atoms with van der Waals surface area (Å²) in [6.07, 6.45) is 4.20. The molecule has 0 radical (unpaired) electrons. The van der Waals surface area contributed by atoms with Crippen LogP contribution in [0.3, 0.4) is 0 Å². The average Bonchev–Trinajstić information content (AvgIpc) is 2.67. The van der Waals surface area contributed by atoms with E-state index in [4.69, 9.17) is 5.26 Å². The van der Waals surface area contributed by atoms with Gasteiger partial charge in [0.1, 0.15) is 10.7 Å². The maximum absolute atomic E-state index is 11.9. The molecular formula is C14H14BrN3O. The Morgan fingerprint density at radius 2 is 2.37 bits per heavy atom. The molecule has 19 heavy (non-hydrogen) atoms. The van der Waals surface area contributed by atoms with Gasteiger partial charge in [0.05, 0.1) is 11.3 Å². The Bertz CT molecular complexity index is 652. The van der Waals surface area contributed by atoms with Gasteiger partial charge in [-0.25, -0.2) is 0 Å². The summed E-state index contributed by atoms with van der Waals surface area (Å²) in [5.41, 5.74) is 2.21. The summed E-state index contributed by atoms with van der Waals surface area (Å²) in [4.78, 5) is 11.9. The van der Waals surface area contributed by atoms with E-state index in [1.54, 1.807) is 0 Å². The molecule has 0 fully saturated rings. The van der Waals surface area contributed by atoms with E-state index in [1.807, 2.05) is 23.9 Å². The number of nitrogens with zero attached hydrogens (tertiary/aromatic N) is 3. The summed E-state index contributed by atoms with van der Waals surface area (Å²) >= 11 is 3.57. The van der Waals surface area contributed by atoms with Gasteiger partial charge < -0.3 is 0 Å². The molecule has 2 unspecified atom stereocenters. The first kappa shape index (κ1) is 12.6. The fourth-order valence-electron chi connectivity index (χ4n) is 3.32. The molecule has 0 aliphatic heterocycles. The minimum absolute atomic E-state index is 0.0246. The van der Waals surface area contributed by atoms with Crippen LogP contribution in [-0.4, -0.2) is 15.6 Å². The molecular weight excluding hydrogens is 306 g/mol. The molecule has 1 aromatic heterocycles. The Morgan fingerprint density at radius 3 is 3.05 bits per heavy atom. The SMILES string of the molecule is Cn1nc2c(c1Br)CCC1CC(=O)C(C#N)=CC21C. The monoisotopic (exact) mass is 319 g/mol. The van der Waals surface area contributed by atoms with Crippen LogP contribution in [-0.2, 0) is 23.7 Å². The lowest BCUT2D eigenvalue weighted by Gasteiger charge is -2.40. The number of aromatic nitrogens is 2. The van der Waals surface area contributed by atoms with Crippen LogP contribution in [0.25, 0.3) is 0 Å². The van der Waals surface area contributed by atoms with Crippen molar-refractivity contribution in [2.45, 2.75) is 31.6 Å². The number of allylic oxidation sites excluding steroid dienone is 2. The lowest BCUT2D eigenvalue weighted by Crippen LogP contribution is -2.40. The number of Topliss-reactive ketones (excluding diaryl/α,β-unsaturated/α-hetero) is 1. The van der Waals surface area contributed by atoms with Gasteiger partial charge in [-0.2, -0.15) is 10.4 Å². The van der Waals surface area contributed by atoms with Crippen LogP contribution in [0.4, 0.5) is 0 Å². The zero-order valence-corrected chi connectivity index (χ0v) is 12.5. The topological polar surface area (TPSA) is 58.7 Å². The number of carbonyl (C=O) groups is 1. The quantitative estimate of drug-likeness (QED) is 0.738. The molecule has 4 nitrogen and oxygen atoms in total. The fraction of sp³-hybridized carbons (Fsp3) is 0.500. The van der Waals surface area contributed by atoms with Crippen molar-refractivity contribution < 1.29 is 4.79 Å². The number of aryl methyl sites for hydroxylation is 1. The molecule has 0 bridgehead atoms. The van der Waals surface area contributed by atoms with Crippen LogP contribution in [0.5, 0.6) is 0 Å². The maximum Gasteiger partial charge on any atom is 0.173 e. The minimum Gasteiger partial charge on any atom is -0.293 e. The molecule has 3 rings (SSSR count). The molecule has 5 heteroatoms. The van der Waals surface area contributed by atoms with Crippen LogP contribution < -0.4 is 0 Å². The molecule has 2 aliphatic carbocycles. The van der Waals surface area contributed by atoms with Crippen molar-refractivity contribution in [3.63, 3.8) is 0 Å². The van der Waals surface area contributed by atoms with Gasteiger partial charge in [0, 0.05) is 24.4 Å². The first-order chi connectivity index (χ1) is 8.97. The van der Waals surface area contributed by atoms with E-state index >= 15 is 0 Å². The van der Waals surface area contributed by atoms with Gasteiger partial charge in [0.15, 0.2) is 5.78 Å². The highest BCUT2D eigenvalue weighted by Crippen LogP contribution is 2.48. The predicted octanol–water partition coefficient (Wildman–Crippen LogP) is 2.43. The molecule has 1 aromatic rings. The third-order valence-electron chi connectivity index (χ3n) is 4.47. The Morgan fingerprint density at radius 1 is 1.63 bits per heavy atom. The number of carbonyl (C=O) groups excluding carboxylic acids is 1. The van der Waals surface area contributed by atoms with E-state index < -0.39 is 0 Å². The lowest BCUT2D eigenvalue weighted by atomic mass is 9.62. The zero-order valence-electron chi connectivity index (χ0n) is 10.9. The smallest absolute Gasteiger partial charge is 0.173 e. The van der Waals surface area contributed by atoms with Crippen LogP contribution in [0.2, 0.25) is 0 Å². The van der Waals surface area contributed by atoms with Crippen molar-refractivity contribution in [3.05, 3.63) is 27.5 Å². The second kappa shape index (κ2) is 4.04. The number of hydrogen-bond donors (Lipinski definition) is 0. The van der Waals surface area contributed by atoms with Crippen molar-refractivity contribution in [2.24, 2.45) is 13.0 Å². The number of fused-ring (bicyclic) bond motifs is 3. The molecule has 1 heterocycles. The Labute approximate surface area is 120 Å². The third kappa shape index (κ3) is 1.63. The van der Waals surface area contributed by atoms with Gasteiger partial charge in [-0.15, -0.1) is 0 Å². The van der Waals surface area contributed by atoms with E-state index in [0.29, 0.717) is 6.42 Å². The summed E-state index contributed by atoms with van der Waals surface area (Å²) in [5.74, 6) is 0.231. The number of nitriles is 1. The number of rotatable bonds is 0. The first-order valence-electron chi connectivity index (χ1n) is 6.35. The van der Waals surface area contributed by atoms with E-state index in [0.717, 1.165) is 23.1 Å². The van der Waals surface area contributed by atoms with E-state index in [2.05, 4.69) is 28.0 Å². The lowest BCUT2D eigenvalue weighted by molar-refractivity contribution is -0.117. The highest BCUT2D eigenvalue weighted by molar-refractivity contribution is 9.10. The van der Waals surface area contributed by atoms with Crippen molar-refractivity contribution in [1.82, 2.24) is 9.78 Å². The molecule has 0 amide bonds. The molecule has 2 atom stereocenters. The summed E-state index contributed by atoms with van der Waals surface area (Å²) < 4.78 is 2.83. The van der Waals surface area contributed by atoms with Crippen LogP contribution in [0.1, 0.15) is 31.0 Å². The van der Waals surface area contributed by atoms with Crippen LogP contribution in [0, 0.1) is 17.2 Å². The zero-order chi connectivity index (χ0) is 13.8. The van der Waals surface area contributed by atoms with Gasteiger partial charge in [-0.3, -0.25) is 9.48 Å². The summed E-state index contributed by atoms with van der Waals surface area (Å²) in [6.45, 7) is 2.10. The van der Waals surface area contributed by atoms with Gasteiger partial charge >= 0.3 is 0 Å². The van der Waals surface area contributed by atoms with E-state index in [1.165, 1.54) is 5.56 Å². The molecule has 0 N–H and O–H groups in total.